The molecule has 0 saturated carbocycles. The van der Waals surface area contributed by atoms with Crippen LogP contribution in [0.15, 0.2) is 42.5 Å². The lowest BCUT2D eigenvalue weighted by Crippen LogP contribution is -2.64. The van der Waals surface area contributed by atoms with Crippen LogP contribution >= 0.6 is 11.6 Å². The minimum Gasteiger partial charge on any atom is -0.497 e. The van der Waals surface area contributed by atoms with E-state index in [1.165, 1.54) is 19.2 Å². The second kappa shape index (κ2) is 8.97. The van der Waals surface area contributed by atoms with Crippen molar-refractivity contribution in [3.8, 4) is 5.75 Å². The molecule has 4 N–H and O–H groups in total. The highest BCUT2D eigenvalue weighted by molar-refractivity contribution is 6.31. The number of methoxy groups -OCH3 is 2. The molecule has 0 aromatic heterocycles. The van der Waals surface area contributed by atoms with E-state index in [4.69, 9.17) is 29.9 Å². The van der Waals surface area contributed by atoms with Crippen LogP contribution in [0, 0.1) is 0 Å². The number of hydrogen-bond donors (Lipinski definition) is 4. The number of benzene rings is 2. The second-order valence-electron chi connectivity index (χ2n) is 6.87. The van der Waals surface area contributed by atoms with Crippen LogP contribution in [-0.4, -0.2) is 65.6 Å². The minimum absolute atomic E-state index is 0.202. The predicted molar refractivity (Wildman–Crippen MR) is 106 cm³/mol. The fraction of sp³-hybridized carbons (Fsp3) is 0.429. The Morgan fingerprint density at radius 3 is 2.48 bits per heavy atom. The van der Waals surface area contributed by atoms with Gasteiger partial charge in [-0.25, -0.2) is 0 Å². The molecule has 158 valence electrons. The van der Waals surface area contributed by atoms with Crippen molar-refractivity contribution in [2.45, 2.75) is 36.6 Å². The van der Waals surface area contributed by atoms with Crippen LogP contribution in [0.25, 0.3) is 0 Å². The Bertz CT molecular complexity index is 923. The molecule has 2 aromatic rings. The van der Waals surface area contributed by atoms with Gasteiger partial charge < -0.3 is 34.6 Å². The summed E-state index contributed by atoms with van der Waals surface area (Å²) in [5, 5.41) is 41.0. The van der Waals surface area contributed by atoms with Gasteiger partial charge >= 0.3 is 0 Å². The molecular weight excluding hydrogens is 400 g/mol. The maximum Gasteiger partial charge on any atom is 0.224 e. The maximum absolute atomic E-state index is 10.7. The monoisotopic (exact) mass is 427 g/mol. The first-order valence-corrected chi connectivity index (χ1v) is 9.33. The van der Waals surface area contributed by atoms with Crippen molar-refractivity contribution >= 4 is 11.6 Å². The van der Waals surface area contributed by atoms with E-state index < -0.39 is 43.8 Å². The van der Waals surface area contributed by atoms with E-state index in [2.05, 4.69) is 0 Å². The van der Waals surface area contributed by atoms with E-state index in [-0.39, 0.29) is 5.75 Å². The van der Waals surface area contributed by atoms with Crippen LogP contribution in [0.3, 0.4) is 0 Å². The van der Waals surface area contributed by atoms with Gasteiger partial charge in [0.25, 0.3) is 0 Å². The summed E-state index contributed by atoms with van der Waals surface area (Å²) in [6.45, 7) is -0.596. The van der Waals surface area contributed by atoms with Gasteiger partial charge in [-0.3, -0.25) is 0 Å². The molecule has 0 spiro atoms. The van der Waals surface area contributed by atoms with Crippen molar-refractivity contribution < 1.29 is 38.7 Å². The molecule has 29 heavy (non-hydrogen) atoms. The summed E-state index contributed by atoms with van der Waals surface area (Å²) in [6, 6.07) is 11.3. The molecule has 0 aliphatic carbocycles. The largest absolute Gasteiger partial charge is 0.497 e. The van der Waals surface area contributed by atoms with Gasteiger partial charge in [0.2, 0.25) is 5.79 Å². The van der Waals surface area contributed by atoms with Crippen LogP contribution in [0.1, 0.15) is 20.8 Å². The van der Waals surface area contributed by atoms with Gasteiger partial charge in [-0.15, -0.1) is 0 Å². The van der Waals surface area contributed by atoms with E-state index in [0.29, 0.717) is 22.6 Å². The summed E-state index contributed by atoms with van der Waals surface area (Å²) in [5.74, 6) is -1.64. The lowest BCUT2D eigenvalue weighted by molar-refractivity contribution is -0.366. The third-order valence-corrected chi connectivity index (χ3v) is 5.51. The van der Waals surface area contributed by atoms with Gasteiger partial charge in [-0.2, -0.15) is 0 Å². The molecule has 0 amide bonds. The zero-order chi connectivity index (χ0) is 23.7. The molecule has 1 unspecified atom stereocenters. The second-order valence-corrected chi connectivity index (χ2v) is 7.27. The zero-order valence-electron chi connectivity index (χ0n) is 18.7. The molecule has 1 aliphatic rings. The minimum atomic E-state index is -2.54. The van der Waals surface area contributed by atoms with Crippen LogP contribution in [0.2, 0.25) is 5.02 Å². The van der Waals surface area contributed by atoms with Crippen molar-refractivity contribution in [1.82, 2.24) is 0 Å². The predicted octanol–water partition coefficient (Wildman–Crippen LogP) is 1.21. The average molecular weight is 428 g/mol. The Kier molecular flexibility index (Phi) is 5.60. The Morgan fingerprint density at radius 2 is 1.86 bits per heavy atom. The van der Waals surface area contributed by atoms with Crippen molar-refractivity contribution in [2.24, 2.45) is 0 Å². The fourth-order valence-corrected chi connectivity index (χ4v) is 3.67. The number of halogens is 1. The molecule has 0 bridgehead atoms. The molecule has 5 atom stereocenters. The van der Waals surface area contributed by atoms with Gasteiger partial charge in [0.1, 0.15) is 30.2 Å². The van der Waals surface area contributed by atoms with Gasteiger partial charge in [-0.05, 0) is 41.8 Å². The molecule has 1 saturated heterocycles. The fourth-order valence-electron chi connectivity index (χ4n) is 3.49. The SMILES string of the molecule is [2H]C([2H])([2H])Oc1ccc(Cc2cc(C3(OC)O[C@H](CO)[C@@H](O)[C@H](O)[C@H]3O)ccc2Cl)cc1. The van der Waals surface area contributed by atoms with Crippen LogP contribution in [-0.2, 0) is 21.7 Å². The topological polar surface area (TPSA) is 109 Å². The van der Waals surface area contributed by atoms with Crippen molar-refractivity contribution in [2.75, 3.05) is 20.8 Å². The van der Waals surface area contributed by atoms with E-state index in [1.54, 1.807) is 30.3 Å². The summed E-state index contributed by atoms with van der Waals surface area (Å²) < 4.78 is 37.5. The van der Waals surface area contributed by atoms with Crippen LogP contribution < -0.4 is 4.74 Å². The molecule has 0 radical (unpaired) electrons. The van der Waals surface area contributed by atoms with Crippen molar-refractivity contribution in [3.63, 3.8) is 0 Å². The molecule has 2 aromatic carbocycles. The number of rotatable bonds is 6. The molecule has 1 fully saturated rings. The number of aliphatic hydroxyl groups excluding tert-OH is 4. The van der Waals surface area contributed by atoms with E-state index >= 15 is 0 Å². The highest BCUT2D eigenvalue weighted by Crippen LogP contribution is 2.40. The zero-order valence-corrected chi connectivity index (χ0v) is 16.4. The molecular formula is C21H25ClO7. The smallest absolute Gasteiger partial charge is 0.224 e. The van der Waals surface area contributed by atoms with Gasteiger partial charge in [0.05, 0.1) is 17.8 Å². The first kappa shape index (κ1) is 18.1. The molecule has 1 heterocycles. The van der Waals surface area contributed by atoms with E-state index in [1.807, 2.05) is 0 Å². The van der Waals surface area contributed by atoms with Gasteiger partial charge in [-0.1, -0.05) is 29.8 Å². The highest BCUT2D eigenvalue weighted by atomic mass is 35.5. The Hall–Kier alpha value is -1.71. The summed E-state index contributed by atoms with van der Waals surface area (Å²) in [5.41, 5.74) is 1.78. The molecule has 7 nitrogen and oxygen atoms in total. The van der Waals surface area contributed by atoms with Crippen molar-refractivity contribution in [3.05, 3.63) is 64.2 Å². The lowest BCUT2D eigenvalue weighted by Gasteiger charge is -2.47. The first-order chi connectivity index (χ1) is 15.0. The van der Waals surface area contributed by atoms with E-state index in [9.17, 15) is 20.4 Å². The summed E-state index contributed by atoms with van der Waals surface area (Å²) in [6.07, 6.45) is -5.59. The number of ether oxygens (including phenoxy) is 3. The van der Waals surface area contributed by atoms with E-state index in [0.717, 1.165) is 5.56 Å². The van der Waals surface area contributed by atoms with Crippen LogP contribution in [0.4, 0.5) is 0 Å². The Balaban J connectivity index is 1.91. The average Bonchev–Trinajstić information content (AvgIpc) is 2.75. The highest BCUT2D eigenvalue weighted by Gasteiger charge is 2.55. The standard InChI is InChI=1S/C21H25ClO7/c1-27-15-6-3-12(4-7-15)9-13-10-14(5-8-16(13)22)21(28-2)20(26)19(25)18(24)17(11-23)29-21/h3-8,10,17-20,23-26H,9,11H2,1-2H3/t17-,18-,19+,20-,21?/m1/s1/i1D3. The molecule has 3 rings (SSSR count). The summed E-state index contributed by atoms with van der Waals surface area (Å²) in [7, 11) is -1.26. The summed E-state index contributed by atoms with van der Waals surface area (Å²) in [4.78, 5) is 0. The lowest BCUT2D eigenvalue weighted by atomic mass is 9.87. The molecule has 1 aliphatic heterocycles. The third-order valence-electron chi connectivity index (χ3n) is 5.14. The quantitative estimate of drug-likeness (QED) is 0.548. The maximum atomic E-state index is 10.7. The van der Waals surface area contributed by atoms with Gasteiger partial charge in [0.15, 0.2) is 0 Å². The van der Waals surface area contributed by atoms with Crippen LogP contribution in [0.5, 0.6) is 5.75 Å². The Morgan fingerprint density at radius 1 is 1.14 bits per heavy atom. The van der Waals surface area contributed by atoms with Crippen molar-refractivity contribution in [1.29, 1.82) is 0 Å². The Labute approximate surface area is 178 Å². The number of hydrogen-bond acceptors (Lipinski definition) is 7. The molecule has 8 heteroatoms. The number of aliphatic hydroxyl groups is 4. The first-order valence-electron chi connectivity index (χ1n) is 10.5. The third kappa shape index (κ3) is 4.13. The summed E-state index contributed by atoms with van der Waals surface area (Å²) >= 11 is 6.36. The van der Waals surface area contributed by atoms with Gasteiger partial charge in [0, 0.05) is 17.7 Å². The normalized spacial score (nSPS) is 31.6.